The van der Waals surface area contributed by atoms with Crippen molar-refractivity contribution in [1.29, 1.82) is 0 Å². The van der Waals surface area contributed by atoms with E-state index in [4.69, 9.17) is 5.73 Å². The van der Waals surface area contributed by atoms with Gasteiger partial charge in [-0.1, -0.05) is 0 Å². The lowest BCUT2D eigenvalue weighted by molar-refractivity contribution is -0.139. The molecule has 33 heavy (non-hydrogen) atoms. The first-order valence-corrected chi connectivity index (χ1v) is 11.4. The maximum Gasteiger partial charge on any atom is 0.236 e. The molecular formula is C23H28N7O3. The lowest BCUT2D eigenvalue weighted by Crippen LogP contribution is -2.53. The number of aromatic nitrogens is 3. The summed E-state index contributed by atoms with van der Waals surface area (Å²) in [5.74, 6) is -1.24. The van der Waals surface area contributed by atoms with Crippen LogP contribution < -0.4 is 10.6 Å². The molecule has 2 aliphatic rings. The molecule has 2 aliphatic heterocycles. The van der Waals surface area contributed by atoms with Crippen LogP contribution >= 0.6 is 0 Å². The number of anilines is 1. The number of fused-ring (bicyclic) bond motifs is 3. The molecule has 2 fully saturated rings. The molecule has 5 heterocycles. The molecule has 10 heteroatoms. The van der Waals surface area contributed by atoms with E-state index in [0.717, 1.165) is 53.8 Å². The van der Waals surface area contributed by atoms with Crippen LogP contribution in [0.1, 0.15) is 6.42 Å². The molecule has 2 unspecified atom stereocenters. The predicted octanol–water partition coefficient (Wildman–Crippen LogP) is 0.614. The zero-order valence-corrected chi connectivity index (χ0v) is 18.4. The Hall–Kier alpha value is -3.24. The average molecular weight is 451 g/mol. The summed E-state index contributed by atoms with van der Waals surface area (Å²) in [6.07, 6.45) is 5.97. The van der Waals surface area contributed by atoms with E-state index in [1.54, 1.807) is 11.1 Å². The summed E-state index contributed by atoms with van der Waals surface area (Å²) in [5.41, 5.74) is 8.26. The first-order valence-electron chi connectivity index (χ1n) is 11.4. The van der Waals surface area contributed by atoms with Crippen molar-refractivity contribution in [3.8, 4) is 0 Å². The number of likely N-dealkylation sites (tertiary alicyclic amines) is 1. The van der Waals surface area contributed by atoms with Gasteiger partial charge in [0.25, 0.3) is 0 Å². The smallest absolute Gasteiger partial charge is 0.236 e. The van der Waals surface area contributed by atoms with Crippen molar-refractivity contribution in [3.05, 3.63) is 30.7 Å². The number of H-pyrrole nitrogens is 1. The summed E-state index contributed by atoms with van der Waals surface area (Å²) in [6.45, 7) is 3.86. The maximum absolute atomic E-state index is 12.9. The number of nitrogens with zero attached hydrogens (tertiary/aromatic N) is 5. The highest BCUT2D eigenvalue weighted by Gasteiger charge is 2.35. The van der Waals surface area contributed by atoms with Crippen LogP contribution in [0.15, 0.2) is 30.7 Å². The lowest BCUT2D eigenvalue weighted by atomic mass is 9.85. The molecule has 5 rings (SSSR count). The third kappa shape index (κ3) is 4.11. The first kappa shape index (κ1) is 21.6. The highest BCUT2D eigenvalue weighted by Crippen LogP contribution is 2.31. The molecule has 0 aromatic carbocycles. The number of pyridine rings is 2. The third-order valence-corrected chi connectivity index (χ3v) is 7.01. The Morgan fingerprint density at radius 3 is 2.70 bits per heavy atom. The molecule has 0 saturated carbocycles. The minimum Gasteiger partial charge on any atom is -0.369 e. The van der Waals surface area contributed by atoms with Crippen molar-refractivity contribution in [1.82, 2.24) is 24.8 Å². The van der Waals surface area contributed by atoms with Crippen molar-refractivity contribution >= 4 is 39.4 Å². The number of nitrogens with two attached hydrogens (primary N) is 1. The van der Waals surface area contributed by atoms with Crippen molar-refractivity contribution in [2.45, 2.75) is 6.42 Å². The van der Waals surface area contributed by atoms with E-state index < -0.39 is 17.7 Å². The third-order valence-electron chi connectivity index (χ3n) is 7.01. The van der Waals surface area contributed by atoms with Gasteiger partial charge in [-0.2, -0.15) is 0 Å². The number of primary amides is 1. The van der Waals surface area contributed by atoms with Gasteiger partial charge in [0.05, 0.1) is 24.9 Å². The maximum atomic E-state index is 12.9. The first-order chi connectivity index (χ1) is 16.0. The number of carbonyl (C=O) groups is 2. The molecule has 10 nitrogen and oxygen atoms in total. The van der Waals surface area contributed by atoms with E-state index in [9.17, 15) is 14.7 Å². The zero-order valence-electron chi connectivity index (χ0n) is 18.4. The topological polar surface area (TPSA) is 131 Å². The number of carbonyl (C=O) groups excluding carboxylic acids is 2. The molecule has 3 aromatic heterocycles. The molecule has 173 valence electrons. The van der Waals surface area contributed by atoms with E-state index in [2.05, 4.69) is 24.8 Å². The molecule has 3 aromatic rings. The summed E-state index contributed by atoms with van der Waals surface area (Å²) < 4.78 is 0. The van der Waals surface area contributed by atoms with Crippen LogP contribution in [0.4, 0.5) is 5.69 Å². The average Bonchev–Trinajstić information content (AvgIpc) is 3.33. The van der Waals surface area contributed by atoms with Gasteiger partial charge in [0.15, 0.2) is 0 Å². The Labute approximate surface area is 191 Å². The second kappa shape index (κ2) is 8.95. The minimum atomic E-state index is -0.435. The van der Waals surface area contributed by atoms with Crippen LogP contribution in [-0.2, 0) is 14.7 Å². The fraction of sp³-hybridized carbons (Fsp3) is 0.478. The SMILES string of the molecule is NC(=O)C1CCN(C(=O)CN2CCN(c3ccnc4cnc5[nH]ccc5c34)CC2)CC1C[O]. The van der Waals surface area contributed by atoms with Gasteiger partial charge in [0, 0.05) is 80.0 Å². The molecule has 0 aliphatic carbocycles. The monoisotopic (exact) mass is 450 g/mol. The number of aromatic amines is 1. The van der Waals surface area contributed by atoms with E-state index >= 15 is 0 Å². The van der Waals surface area contributed by atoms with Gasteiger partial charge in [0.1, 0.15) is 5.65 Å². The van der Waals surface area contributed by atoms with Gasteiger partial charge in [-0.05, 0) is 18.6 Å². The van der Waals surface area contributed by atoms with Crippen molar-refractivity contribution < 1.29 is 14.7 Å². The number of piperidine rings is 1. The Morgan fingerprint density at radius 2 is 1.94 bits per heavy atom. The molecule has 2 atom stereocenters. The summed E-state index contributed by atoms with van der Waals surface area (Å²) in [7, 11) is 0. The molecular weight excluding hydrogens is 422 g/mol. The number of nitrogens with one attached hydrogen (secondary N) is 1. The van der Waals surface area contributed by atoms with Gasteiger partial charge >= 0.3 is 0 Å². The summed E-state index contributed by atoms with van der Waals surface area (Å²) in [4.78, 5) is 42.7. The fourth-order valence-corrected chi connectivity index (χ4v) is 5.14. The standard InChI is InChI=1S/C23H28N7O3/c24-22(33)16-3-6-30(12-15(16)14-31)20(32)13-28-7-9-29(10-8-28)19-2-5-25-18-11-27-23-17(21(18)19)1-4-26-23/h1-2,4-5,11,15-16H,3,6-10,12-14H2,(H2,24,33)(H,26,27). The minimum absolute atomic E-state index is 0.0132. The number of hydrogen-bond donors (Lipinski definition) is 2. The Morgan fingerprint density at radius 1 is 1.12 bits per heavy atom. The normalized spacial score (nSPS) is 22.2. The van der Waals surface area contributed by atoms with Crippen molar-refractivity contribution in [2.24, 2.45) is 17.6 Å². The quantitative estimate of drug-likeness (QED) is 0.586. The molecule has 0 bridgehead atoms. The molecule has 1 radical (unpaired) electrons. The van der Waals surface area contributed by atoms with Crippen LogP contribution in [0.2, 0.25) is 0 Å². The highest BCUT2D eigenvalue weighted by atomic mass is 16.3. The van der Waals surface area contributed by atoms with Gasteiger partial charge in [-0.3, -0.25) is 19.5 Å². The number of piperazine rings is 1. The number of amides is 2. The molecule has 2 amide bonds. The number of rotatable bonds is 5. The van der Waals surface area contributed by atoms with Crippen LogP contribution in [0, 0.1) is 11.8 Å². The lowest BCUT2D eigenvalue weighted by Gasteiger charge is -2.39. The van der Waals surface area contributed by atoms with Crippen LogP contribution in [0.3, 0.4) is 0 Å². The predicted molar refractivity (Wildman–Crippen MR) is 123 cm³/mol. The Balaban J connectivity index is 1.23. The van der Waals surface area contributed by atoms with Gasteiger partial charge in [-0.15, -0.1) is 0 Å². The van der Waals surface area contributed by atoms with Gasteiger partial charge < -0.3 is 20.5 Å². The number of hydrogen-bond acceptors (Lipinski definition) is 6. The van der Waals surface area contributed by atoms with Gasteiger partial charge in [0.2, 0.25) is 11.8 Å². The summed E-state index contributed by atoms with van der Waals surface area (Å²) in [6, 6.07) is 4.07. The second-order valence-corrected chi connectivity index (χ2v) is 8.92. The van der Waals surface area contributed by atoms with Gasteiger partial charge in [-0.25, -0.2) is 10.1 Å². The van der Waals surface area contributed by atoms with Crippen LogP contribution in [0.25, 0.3) is 21.9 Å². The van der Waals surface area contributed by atoms with Crippen LogP contribution in [0.5, 0.6) is 0 Å². The van der Waals surface area contributed by atoms with E-state index in [0.29, 0.717) is 26.1 Å². The second-order valence-electron chi connectivity index (χ2n) is 8.92. The Kier molecular flexibility index (Phi) is 5.86. The van der Waals surface area contributed by atoms with Crippen LogP contribution in [-0.4, -0.2) is 89.0 Å². The Bertz CT molecular complexity index is 1170. The van der Waals surface area contributed by atoms with Crippen molar-refractivity contribution in [3.63, 3.8) is 0 Å². The zero-order chi connectivity index (χ0) is 22.9. The highest BCUT2D eigenvalue weighted by molar-refractivity contribution is 6.10. The van der Waals surface area contributed by atoms with Crippen molar-refractivity contribution in [2.75, 3.05) is 57.3 Å². The largest absolute Gasteiger partial charge is 0.369 e. The van der Waals surface area contributed by atoms with E-state index in [-0.39, 0.29) is 12.5 Å². The molecule has 3 N–H and O–H groups in total. The molecule has 2 saturated heterocycles. The van der Waals surface area contributed by atoms with E-state index in [1.165, 1.54) is 0 Å². The molecule has 0 spiro atoms. The fourth-order valence-electron chi connectivity index (χ4n) is 5.14. The van der Waals surface area contributed by atoms with E-state index in [1.807, 2.05) is 24.5 Å². The summed E-state index contributed by atoms with van der Waals surface area (Å²) >= 11 is 0. The summed E-state index contributed by atoms with van der Waals surface area (Å²) in [5, 5.41) is 13.7.